The fourth-order valence-electron chi connectivity index (χ4n) is 4.03. The Morgan fingerprint density at radius 3 is 2.49 bits per heavy atom. The fourth-order valence-corrected chi connectivity index (χ4v) is 6.35. The number of carbonyl (C=O) groups is 1. The minimum atomic E-state index is -3.73. The number of nitrogens with one attached hydrogen (secondary N) is 2. The number of hydrogen-bond donors (Lipinski definition) is 3. The summed E-state index contributed by atoms with van der Waals surface area (Å²) in [5.74, 6) is -2.43. The van der Waals surface area contributed by atoms with E-state index in [1.54, 1.807) is 18.5 Å². The number of piperidine rings is 1. The Morgan fingerprint density at radius 2 is 1.86 bits per heavy atom. The number of halogens is 2. The molecule has 1 aliphatic heterocycles. The van der Waals surface area contributed by atoms with Gasteiger partial charge in [-0.25, -0.2) is 27.2 Å². The quantitative estimate of drug-likeness (QED) is 0.300. The molecule has 0 radical (unpaired) electrons. The van der Waals surface area contributed by atoms with Crippen molar-refractivity contribution in [2.24, 2.45) is 0 Å². The van der Waals surface area contributed by atoms with Crippen LogP contribution in [0.2, 0.25) is 0 Å². The molecule has 4 heterocycles. The van der Waals surface area contributed by atoms with E-state index in [0.717, 1.165) is 23.5 Å². The summed E-state index contributed by atoms with van der Waals surface area (Å²) in [5, 5.41) is 3.47. The van der Waals surface area contributed by atoms with E-state index < -0.39 is 33.0 Å². The van der Waals surface area contributed by atoms with Crippen molar-refractivity contribution in [1.82, 2.24) is 24.2 Å². The van der Waals surface area contributed by atoms with Crippen LogP contribution in [-0.4, -0.2) is 57.6 Å². The maximum absolute atomic E-state index is 14.0. The molecule has 4 aromatic rings. The Hall–Kier alpha value is -3.75. The van der Waals surface area contributed by atoms with Gasteiger partial charge in [-0.3, -0.25) is 9.78 Å². The number of sulfonamides is 1. The molecule has 5 rings (SSSR count). The van der Waals surface area contributed by atoms with Crippen molar-refractivity contribution in [1.29, 1.82) is 0 Å². The number of nitrogens with two attached hydrogens (primary N) is 1. The summed E-state index contributed by atoms with van der Waals surface area (Å²) in [6.07, 6.45) is 5.50. The number of thiazole rings is 1. The largest absolute Gasteiger partial charge is 0.382 e. The first kappa shape index (κ1) is 24.9. The number of anilines is 2. The lowest BCUT2D eigenvalue weighted by atomic mass is 10.1. The summed E-state index contributed by atoms with van der Waals surface area (Å²) in [6.45, 7) is 0.514. The zero-order valence-electron chi connectivity index (χ0n) is 19.2. The van der Waals surface area contributed by atoms with Crippen LogP contribution in [0.3, 0.4) is 0 Å². The van der Waals surface area contributed by atoms with Gasteiger partial charge in [0.25, 0.3) is 0 Å². The lowest BCUT2D eigenvalue weighted by Crippen LogP contribution is -2.42. The summed E-state index contributed by atoms with van der Waals surface area (Å²) >= 11 is 0.899. The monoisotopic (exact) mass is 545 g/mol. The highest BCUT2D eigenvalue weighted by Gasteiger charge is 2.31. The highest BCUT2D eigenvalue weighted by atomic mass is 32.2. The molecule has 0 spiro atoms. The number of pyridine rings is 1. The van der Waals surface area contributed by atoms with E-state index >= 15 is 0 Å². The Bertz CT molecular complexity index is 1510. The molecule has 0 unspecified atom stereocenters. The Balaban J connectivity index is 1.23. The smallest absolute Gasteiger partial charge is 0.244 e. The fraction of sp³-hybridized carbons (Fsp3) is 0.217. The van der Waals surface area contributed by atoms with Gasteiger partial charge in [-0.05, 0) is 37.1 Å². The molecule has 0 aliphatic carbocycles. The number of benzene rings is 1. The Morgan fingerprint density at radius 1 is 1.14 bits per heavy atom. The van der Waals surface area contributed by atoms with Crippen LogP contribution in [0.15, 0.2) is 53.8 Å². The number of imidazole rings is 1. The SMILES string of the molecule is Nc1nc(NC2CCN(S(=O)(=O)c3ccc(-c4ncc[nH]4)nc3)CC2)sc1C(=O)c1c(F)cccc1F. The average Bonchev–Trinajstić information content (AvgIpc) is 3.54. The number of ketones is 1. The molecule has 1 fully saturated rings. The van der Waals surface area contributed by atoms with Crippen molar-refractivity contribution in [3.05, 3.63) is 71.0 Å². The van der Waals surface area contributed by atoms with Crippen molar-refractivity contribution < 1.29 is 22.0 Å². The molecule has 0 atom stereocenters. The number of aromatic amines is 1. The molecule has 0 bridgehead atoms. The van der Waals surface area contributed by atoms with E-state index in [1.165, 1.54) is 22.6 Å². The molecule has 1 aromatic carbocycles. The van der Waals surface area contributed by atoms with Gasteiger partial charge in [0.05, 0.1) is 5.56 Å². The summed E-state index contributed by atoms with van der Waals surface area (Å²) in [4.78, 5) is 28.1. The highest BCUT2D eigenvalue weighted by Crippen LogP contribution is 2.31. The second-order valence-electron chi connectivity index (χ2n) is 8.30. The van der Waals surface area contributed by atoms with Crippen LogP contribution in [0.1, 0.15) is 28.1 Å². The molecule has 192 valence electrons. The van der Waals surface area contributed by atoms with Gasteiger partial charge in [-0.15, -0.1) is 0 Å². The molecule has 10 nitrogen and oxygen atoms in total. The summed E-state index contributed by atoms with van der Waals surface area (Å²) in [5.41, 5.74) is 5.71. The molecule has 14 heteroatoms. The number of aromatic nitrogens is 4. The predicted octanol–water partition coefficient (Wildman–Crippen LogP) is 3.28. The van der Waals surface area contributed by atoms with Crippen molar-refractivity contribution in [2.45, 2.75) is 23.8 Å². The van der Waals surface area contributed by atoms with Crippen molar-refractivity contribution >= 4 is 38.1 Å². The topological polar surface area (TPSA) is 147 Å². The molecular formula is C23H21F2N7O3S2. The first-order chi connectivity index (χ1) is 17.7. The minimum absolute atomic E-state index is 0.0722. The minimum Gasteiger partial charge on any atom is -0.382 e. The number of rotatable bonds is 7. The van der Waals surface area contributed by atoms with Crippen LogP contribution in [0, 0.1) is 11.6 Å². The number of hydrogen-bond acceptors (Lipinski definition) is 9. The van der Waals surface area contributed by atoms with Crippen LogP contribution in [0.4, 0.5) is 19.7 Å². The molecule has 0 saturated carbocycles. The van der Waals surface area contributed by atoms with Crippen LogP contribution in [-0.2, 0) is 10.0 Å². The van der Waals surface area contributed by atoms with Gasteiger partial charge >= 0.3 is 0 Å². The summed E-state index contributed by atoms with van der Waals surface area (Å²) in [6, 6.07) is 6.13. The maximum atomic E-state index is 14.0. The molecular weight excluding hydrogens is 524 g/mol. The van der Waals surface area contributed by atoms with Crippen molar-refractivity contribution in [3.63, 3.8) is 0 Å². The van der Waals surface area contributed by atoms with Gasteiger partial charge in [0.15, 0.2) is 11.0 Å². The van der Waals surface area contributed by atoms with Gasteiger partial charge in [0, 0.05) is 37.7 Å². The van der Waals surface area contributed by atoms with E-state index in [1.807, 2.05) is 0 Å². The standard InChI is InChI=1S/C23H21F2N7O3S2/c24-15-2-1-3-16(25)18(15)19(33)20-21(26)31-23(36-20)30-13-6-10-32(11-7-13)37(34,35)14-4-5-17(29-12-14)22-27-8-9-28-22/h1-5,8-9,12-13H,6-7,10-11,26H2,(H,27,28)(H,30,31). The number of nitrogen functional groups attached to an aromatic ring is 1. The van der Waals surface area contributed by atoms with E-state index in [0.29, 0.717) is 29.5 Å². The summed E-state index contributed by atoms with van der Waals surface area (Å²) < 4.78 is 55.6. The number of nitrogens with zero attached hydrogens (tertiary/aromatic N) is 4. The maximum Gasteiger partial charge on any atom is 0.244 e. The molecule has 37 heavy (non-hydrogen) atoms. The van der Waals surface area contributed by atoms with Gasteiger partial charge in [-0.2, -0.15) is 4.31 Å². The van der Waals surface area contributed by atoms with Gasteiger partial charge in [0.2, 0.25) is 15.8 Å². The van der Waals surface area contributed by atoms with Crippen molar-refractivity contribution in [2.75, 3.05) is 24.1 Å². The van der Waals surface area contributed by atoms with Gasteiger partial charge in [-0.1, -0.05) is 17.4 Å². The highest BCUT2D eigenvalue weighted by molar-refractivity contribution is 7.89. The molecule has 1 saturated heterocycles. The van der Waals surface area contributed by atoms with Crippen LogP contribution < -0.4 is 11.1 Å². The predicted molar refractivity (Wildman–Crippen MR) is 134 cm³/mol. The first-order valence-corrected chi connectivity index (χ1v) is 13.5. The lowest BCUT2D eigenvalue weighted by Gasteiger charge is -2.31. The normalized spacial score (nSPS) is 15.1. The van der Waals surface area contributed by atoms with E-state index in [2.05, 4.69) is 25.3 Å². The van der Waals surface area contributed by atoms with Crippen molar-refractivity contribution in [3.8, 4) is 11.5 Å². The van der Waals surface area contributed by atoms with Gasteiger partial charge in [0.1, 0.15) is 32.9 Å². The summed E-state index contributed by atoms with van der Waals surface area (Å²) in [7, 11) is -3.73. The van der Waals surface area contributed by atoms with Crippen LogP contribution >= 0.6 is 11.3 Å². The second-order valence-corrected chi connectivity index (χ2v) is 11.2. The van der Waals surface area contributed by atoms with E-state index in [-0.39, 0.29) is 34.7 Å². The van der Waals surface area contributed by atoms with Gasteiger partial charge < -0.3 is 16.0 Å². The first-order valence-electron chi connectivity index (χ1n) is 11.2. The third-order valence-corrected chi connectivity index (χ3v) is 8.83. The zero-order chi connectivity index (χ0) is 26.2. The zero-order valence-corrected chi connectivity index (χ0v) is 20.8. The third-order valence-electron chi connectivity index (χ3n) is 5.95. The molecule has 3 aromatic heterocycles. The molecule has 4 N–H and O–H groups in total. The average molecular weight is 546 g/mol. The second kappa shape index (κ2) is 9.95. The Labute approximate surface area is 214 Å². The van der Waals surface area contributed by atoms with Crippen LogP contribution in [0.5, 0.6) is 0 Å². The van der Waals surface area contributed by atoms with Crippen LogP contribution in [0.25, 0.3) is 11.5 Å². The Kier molecular flexibility index (Phi) is 6.70. The molecule has 0 amide bonds. The lowest BCUT2D eigenvalue weighted by molar-refractivity contribution is 0.103. The van der Waals surface area contributed by atoms with E-state index in [9.17, 15) is 22.0 Å². The number of carbonyl (C=O) groups excluding carboxylic acids is 1. The number of H-pyrrole nitrogens is 1. The third kappa shape index (κ3) is 4.95. The molecule has 1 aliphatic rings. The van der Waals surface area contributed by atoms with E-state index in [4.69, 9.17) is 5.73 Å².